The Morgan fingerprint density at radius 2 is 1.71 bits per heavy atom. The highest BCUT2D eigenvalue weighted by Gasteiger charge is 2.10. The van der Waals surface area contributed by atoms with Crippen molar-refractivity contribution in [3.05, 3.63) is 77.9 Å². The SMILES string of the molecule is COc1cccc(C(O)Cc2ccc3ccccc3c2)c1. The van der Waals surface area contributed by atoms with Crippen LogP contribution in [0.4, 0.5) is 0 Å². The van der Waals surface area contributed by atoms with Crippen molar-refractivity contribution in [3.8, 4) is 5.75 Å². The summed E-state index contributed by atoms with van der Waals surface area (Å²) < 4.78 is 5.20. The van der Waals surface area contributed by atoms with Crippen molar-refractivity contribution in [2.75, 3.05) is 7.11 Å². The summed E-state index contributed by atoms with van der Waals surface area (Å²) in [6.07, 6.45) is 0.0686. The molecule has 0 aliphatic heterocycles. The molecule has 2 nitrogen and oxygen atoms in total. The van der Waals surface area contributed by atoms with Gasteiger partial charge in [-0.1, -0.05) is 54.6 Å². The van der Waals surface area contributed by atoms with Gasteiger partial charge in [-0.2, -0.15) is 0 Å². The van der Waals surface area contributed by atoms with E-state index in [4.69, 9.17) is 4.74 Å². The second kappa shape index (κ2) is 5.98. The molecule has 3 aromatic rings. The highest BCUT2D eigenvalue weighted by Crippen LogP contribution is 2.24. The summed E-state index contributed by atoms with van der Waals surface area (Å²) in [6, 6.07) is 22.2. The van der Waals surface area contributed by atoms with Crippen LogP contribution in [0.15, 0.2) is 66.7 Å². The van der Waals surface area contributed by atoms with E-state index in [1.165, 1.54) is 10.8 Å². The average molecular weight is 278 g/mol. The van der Waals surface area contributed by atoms with Crippen molar-refractivity contribution in [1.29, 1.82) is 0 Å². The number of ether oxygens (including phenoxy) is 1. The van der Waals surface area contributed by atoms with Gasteiger partial charge in [0.05, 0.1) is 13.2 Å². The zero-order valence-corrected chi connectivity index (χ0v) is 12.0. The topological polar surface area (TPSA) is 29.5 Å². The Kier molecular flexibility index (Phi) is 3.89. The maximum absolute atomic E-state index is 10.4. The molecule has 0 fully saturated rings. The Balaban J connectivity index is 1.83. The molecule has 2 heteroatoms. The molecule has 0 aliphatic rings. The Labute approximate surface area is 124 Å². The van der Waals surface area contributed by atoms with Crippen LogP contribution in [0, 0.1) is 0 Å². The molecule has 1 N–H and O–H groups in total. The molecular formula is C19H18O2. The lowest BCUT2D eigenvalue weighted by molar-refractivity contribution is 0.178. The molecular weight excluding hydrogens is 260 g/mol. The van der Waals surface area contributed by atoms with Crippen LogP contribution in [0.5, 0.6) is 5.75 Å². The standard InChI is InChI=1S/C19H18O2/c1-21-18-8-4-7-17(13-18)19(20)12-14-9-10-15-5-2-3-6-16(15)11-14/h2-11,13,19-20H,12H2,1H3. The summed E-state index contributed by atoms with van der Waals surface area (Å²) in [5, 5.41) is 12.8. The number of aliphatic hydroxyl groups excluding tert-OH is 1. The van der Waals surface area contributed by atoms with E-state index in [0.29, 0.717) is 6.42 Å². The Morgan fingerprint density at radius 1 is 0.905 bits per heavy atom. The molecule has 0 saturated carbocycles. The van der Waals surface area contributed by atoms with Crippen LogP contribution in [0.3, 0.4) is 0 Å². The predicted octanol–water partition coefficient (Wildman–Crippen LogP) is 4.12. The smallest absolute Gasteiger partial charge is 0.119 e. The van der Waals surface area contributed by atoms with Crippen LogP contribution in [-0.4, -0.2) is 12.2 Å². The summed E-state index contributed by atoms with van der Waals surface area (Å²) >= 11 is 0. The zero-order valence-electron chi connectivity index (χ0n) is 12.0. The first kappa shape index (κ1) is 13.7. The predicted molar refractivity (Wildman–Crippen MR) is 85.6 cm³/mol. The second-order valence-electron chi connectivity index (χ2n) is 5.18. The van der Waals surface area contributed by atoms with Crippen LogP contribution >= 0.6 is 0 Å². The monoisotopic (exact) mass is 278 g/mol. The van der Waals surface area contributed by atoms with Crippen LogP contribution in [0.25, 0.3) is 10.8 Å². The van der Waals surface area contributed by atoms with Gasteiger partial charge >= 0.3 is 0 Å². The Bertz CT molecular complexity index is 749. The van der Waals surface area contributed by atoms with Gasteiger partial charge in [0.2, 0.25) is 0 Å². The van der Waals surface area contributed by atoms with E-state index in [1.54, 1.807) is 7.11 Å². The number of benzene rings is 3. The van der Waals surface area contributed by atoms with Gasteiger partial charge in [-0.3, -0.25) is 0 Å². The van der Waals surface area contributed by atoms with Crippen LogP contribution in [0.2, 0.25) is 0 Å². The van der Waals surface area contributed by atoms with Gasteiger partial charge < -0.3 is 9.84 Å². The van der Waals surface area contributed by atoms with Crippen LogP contribution in [-0.2, 0) is 6.42 Å². The minimum atomic E-state index is -0.527. The van der Waals surface area contributed by atoms with Gasteiger partial charge in [0.1, 0.15) is 5.75 Å². The lowest BCUT2D eigenvalue weighted by Gasteiger charge is -2.13. The normalized spacial score (nSPS) is 12.3. The van der Waals surface area contributed by atoms with Gasteiger partial charge in [-0.25, -0.2) is 0 Å². The molecule has 106 valence electrons. The highest BCUT2D eigenvalue weighted by molar-refractivity contribution is 5.83. The minimum Gasteiger partial charge on any atom is -0.497 e. The summed E-state index contributed by atoms with van der Waals surface area (Å²) in [6.45, 7) is 0. The van der Waals surface area contributed by atoms with Gasteiger partial charge in [-0.05, 0) is 34.0 Å². The first-order chi connectivity index (χ1) is 10.3. The van der Waals surface area contributed by atoms with Gasteiger partial charge in [0.15, 0.2) is 0 Å². The molecule has 3 aromatic carbocycles. The molecule has 0 spiro atoms. The molecule has 0 radical (unpaired) electrons. The van der Waals surface area contributed by atoms with E-state index in [2.05, 4.69) is 30.3 Å². The quantitative estimate of drug-likeness (QED) is 0.777. The van der Waals surface area contributed by atoms with Crippen molar-refractivity contribution in [2.24, 2.45) is 0 Å². The maximum Gasteiger partial charge on any atom is 0.119 e. The number of methoxy groups -OCH3 is 1. The van der Waals surface area contributed by atoms with E-state index in [-0.39, 0.29) is 0 Å². The van der Waals surface area contributed by atoms with Crippen molar-refractivity contribution < 1.29 is 9.84 Å². The third-order valence-corrected chi connectivity index (χ3v) is 3.72. The number of fused-ring (bicyclic) bond motifs is 1. The summed E-state index contributed by atoms with van der Waals surface area (Å²) in [7, 11) is 1.63. The first-order valence-corrected chi connectivity index (χ1v) is 7.06. The fourth-order valence-electron chi connectivity index (χ4n) is 2.56. The van der Waals surface area contributed by atoms with E-state index < -0.39 is 6.10 Å². The third-order valence-electron chi connectivity index (χ3n) is 3.72. The fraction of sp³-hybridized carbons (Fsp3) is 0.158. The van der Waals surface area contributed by atoms with Crippen LogP contribution < -0.4 is 4.74 Å². The minimum absolute atomic E-state index is 0.527. The Morgan fingerprint density at radius 3 is 2.52 bits per heavy atom. The highest BCUT2D eigenvalue weighted by atomic mass is 16.5. The first-order valence-electron chi connectivity index (χ1n) is 7.06. The Hall–Kier alpha value is -2.32. The molecule has 0 aromatic heterocycles. The van der Waals surface area contributed by atoms with Crippen LogP contribution in [0.1, 0.15) is 17.2 Å². The summed E-state index contributed by atoms with van der Waals surface area (Å²) in [5.41, 5.74) is 2.01. The van der Waals surface area contributed by atoms with E-state index in [0.717, 1.165) is 16.9 Å². The molecule has 0 bridgehead atoms. The van der Waals surface area contributed by atoms with E-state index in [9.17, 15) is 5.11 Å². The third kappa shape index (κ3) is 3.06. The molecule has 21 heavy (non-hydrogen) atoms. The lowest BCUT2D eigenvalue weighted by atomic mass is 9.99. The largest absolute Gasteiger partial charge is 0.497 e. The average Bonchev–Trinajstić information content (AvgIpc) is 2.54. The lowest BCUT2D eigenvalue weighted by Crippen LogP contribution is -2.02. The molecule has 3 rings (SSSR count). The molecule has 0 aliphatic carbocycles. The number of hydrogen-bond acceptors (Lipinski definition) is 2. The molecule has 0 saturated heterocycles. The van der Waals surface area contributed by atoms with Crippen molar-refractivity contribution in [3.63, 3.8) is 0 Å². The molecule has 1 atom stereocenters. The fourth-order valence-corrected chi connectivity index (χ4v) is 2.56. The molecule has 1 unspecified atom stereocenters. The van der Waals surface area contributed by atoms with Crippen molar-refractivity contribution in [1.82, 2.24) is 0 Å². The maximum atomic E-state index is 10.4. The van der Waals surface area contributed by atoms with E-state index in [1.807, 2.05) is 36.4 Å². The summed E-state index contributed by atoms with van der Waals surface area (Å²) in [4.78, 5) is 0. The van der Waals surface area contributed by atoms with Crippen molar-refractivity contribution >= 4 is 10.8 Å². The molecule has 0 amide bonds. The summed E-state index contributed by atoms with van der Waals surface area (Å²) in [5.74, 6) is 0.769. The van der Waals surface area contributed by atoms with Gasteiger partial charge in [0.25, 0.3) is 0 Å². The van der Waals surface area contributed by atoms with Crippen molar-refractivity contribution in [2.45, 2.75) is 12.5 Å². The van der Waals surface area contributed by atoms with Gasteiger partial charge in [0, 0.05) is 6.42 Å². The second-order valence-corrected chi connectivity index (χ2v) is 5.18. The zero-order chi connectivity index (χ0) is 14.7. The number of hydrogen-bond donors (Lipinski definition) is 1. The number of aliphatic hydroxyl groups is 1. The number of rotatable bonds is 4. The molecule has 0 heterocycles. The van der Waals surface area contributed by atoms with E-state index >= 15 is 0 Å². The van der Waals surface area contributed by atoms with Gasteiger partial charge in [-0.15, -0.1) is 0 Å².